The minimum Gasteiger partial charge on any atom is -0.398 e. The molecule has 0 atom stereocenters. The summed E-state index contributed by atoms with van der Waals surface area (Å²) in [6, 6.07) is 7.47. The Balaban J connectivity index is 1.95. The lowest BCUT2D eigenvalue weighted by Crippen LogP contribution is -2.02. The maximum atomic E-state index is 11.3. The fourth-order valence-corrected chi connectivity index (χ4v) is 2.09. The fraction of sp³-hybridized carbons (Fsp3) is 0.286. The molecule has 4 heteroatoms. The number of nitrogen functional groups attached to an aromatic ring is 1. The van der Waals surface area contributed by atoms with Crippen LogP contribution in [0.15, 0.2) is 30.5 Å². The number of ketones is 1. The Morgan fingerprint density at radius 2 is 2.17 bits per heavy atom. The van der Waals surface area contributed by atoms with E-state index in [-0.39, 0.29) is 5.78 Å². The topological polar surface area (TPSA) is 60.9 Å². The molecular weight excluding hydrogens is 226 g/mol. The van der Waals surface area contributed by atoms with Gasteiger partial charge in [-0.2, -0.15) is 5.10 Å². The summed E-state index contributed by atoms with van der Waals surface area (Å²) in [6.45, 7) is 1.52. The van der Waals surface area contributed by atoms with E-state index in [1.807, 2.05) is 23.0 Å². The lowest BCUT2D eigenvalue weighted by Gasteiger charge is -2.06. The van der Waals surface area contributed by atoms with Gasteiger partial charge in [-0.15, -0.1) is 0 Å². The van der Waals surface area contributed by atoms with Crippen molar-refractivity contribution in [3.8, 4) is 5.69 Å². The summed E-state index contributed by atoms with van der Waals surface area (Å²) in [4.78, 5) is 11.3. The number of hydrogen-bond acceptors (Lipinski definition) is 3. The van der Waals surface area contributed by atoms with E-state index in [1.165, 1.54) is 19.8 Å². The standard InChI is InChI=1S/C14H15N3O/c1-9(18)12-5-4-11(8-13(12)15)17-7-6-14(16-17)10-2-3-10/h4-8,10H,2-3,15H2,1H3. The average molecular weight is 241 g/mol. The van der Waals surface area contributed by atoms with Crippen LogP contribution in [0.1, 0.15) is 41.7 Å². The SMILES string of the molecule is CC(=O)c1ccc(-n2ccc(C3CC3)n2)cc1N. The van der Waals surface area contributed by atoms with Gasteiger partial charge in [0.1, 0.15) is 0 Å². The van der Waals surface area contributed by atoms with Crippen LogP contribution in [-0.4, -0.2) is 15.6 Å². The Morgan fingerprint density at radius 1 is 1.39 bits per heavy atom. The van der Waals surface area contributed by atoms with Crippen LogP contribution < -0.4 is 5.73 Å². The van der Waals surface area contributed by atoms with Gasteiger partial charge in [0.05, 0.1) is 11.4 Å². The van der Waals surface area contributed by atoms with Crippen LogP contribution in [0.25, 0.3) is 5.69 Å². The molecule has 1 fully saturated rings. The van der Waals surface area contributed by atoms with Crippen LogP contribution in [-0.2, 0) is 0 Å². The summed E-state index contributed by atoms with van der Waals surface area (Å²) in [5.41, 5.74) is 8.98. The molecular formula is C14H15N3O. The molecule has 0 bridgehead atoms. The average Bonchev–Trinajstić information content (AvgIpc) is 3.06. The number of nitrogens with zero attached hydrogens (tertiary/aromatic N) is 2. The normalized spacial score (nSPS) is 14.7. The van der Waals surface area contributed by atoms with Crippen molar-refractivity contribution in [3.63, 3.8) is 0 Å². The van der Waals surface area contributed by atoms with Gasteiger partial charge in [0.2, 0.25) is 0 Å². The minimum atomic E-state index is -0.0156. The third-order valence-corrected chi connectivity index (χ3v) is 3.28. The quantitative estimate of drug-likeness (QED) is 0.663. The molecule has 0 saturated heterocycles. The first-order valence-corrected chi connectivity index (χ1v) is 6.11. The molecule has 0 aliphatic heterocycles. The van der Waals surface area contributed by atoms with Crippen molar-refractivity contribution in [1.82, 2.24) is 9.78 Å². The molecule has 1 aromatic heterocycles. The number of hydrogen-bond donors (Lipinski definition) is 1. The molecule has 18 heavy (non-hydrogen) atoms. The van der Waals surface area contributed by atoms with E-state index in [2.05, 4.69) is 5.10 Å². The van der Waals surface area contributed by atoms with Crippen molar-refractivity contribution in [2.24, 2.45) is 0 Å². The van der Waals surface area contributed by atoms with E-state index in [4.69, 9.17) is 5.73 Å². The zero-order valence-corrected chi connectivity index (χ0v) is 10.3. The Kier molecular flexibility index (Phi) is 2.44. The summed E-state index contributed by atoms with van der Waals surface area (Å²) < 4.78 is 1.81. The van der Waals surface area contributed by atoms with Crippen molar-refractivity contribution >= 4 is 11.5 Å². The molecule has 2 N–H and O–H groups in total. The zero-order valence-electron chi connectivity index (χ0n) is 10.3. The second-order valence-corrected chi connectivity index (χ2v) is 4.79. The Hall–Kier alpha value is -2.10. The lowest BCUT2D eigenvalue weighted by atomic mass is 10.1. The maximum absolute atomic E-state index is 11.3. The monoisotopic (exact) mass is 241 g/mol. The maximum Gasteiger partial charge on any atom is 0.161 e. The smallest absolute Gasteiger partial charge is 0.161 e. The molecule has 0 spiro atoms. The van der Waals surface area contributed by atoms with Gasteiger partial charge in [-0.1, -0.05) is 0 Å². The number of anilines is 1. The summed E-state index contributed by atoms with van der Waals surface area (Å²) in [7, 11) is 0. The summed E-state index contributed by atoms with van der Waals surface area (Å²) >= 11 is 0. The van der Waals surface area contributed by atoms with Crippen LogP contribution >= 0.6 is 0 Å². The first-order valence-electron chi connectivity index (χ1n) is 6.11. The van der Waals surface area contributed by atoms with Gasteiger partial charge < -0.3 is 5.73 Å². The van der Waals surface area contributed by atoms with E-state index >= 15 is 0 Å². The van der Waals surface area contributed by atoms with Crippen LogP contribution in [0.4, 0.5) is 5.69 Å². The van der Waals surface area contributed by atoms with E-state index in [9.17, 15) is 4.79 Å². The van der Waals surface area contributed by atoms with Gasteiger partial charge in [-0.25, -0.2) is 4.68 Å². The van der Waals surface area contributed by atoms with Crippen LogP contribution in [0.2, 0.25) is 0 Å². The van der Waals surface area contributed by atoms with E-state index < -0.39 is 0 Å². The predicted molar refractivity (Wildman–Crippen MR) is 70.0 cm³/mol. The van der Waals surface area contributed by atoms with Crippen LogP contribution in [0, 0.1) is 0 Å². The third kappa shape index (κ3) is 1.90. The second-order valence-electron chi connectivity index (χ2n) is 4.79. The predicted octanol–water partition coefficient (Wildman–Crippen LogP) is 2.53. The Morgan fingerprint density at radius 3 is 2.78 bits per heavy atom. The number of carbonyl (C=O) groups excluding carboxylic acids is 1. The number of carbonyl (C=O) groups is 1. The molecule has 1 aliphatic rings. The summed E-state index contributed by atoms with van der Waals surface area (Å²) in [5.74, 6) is 0.623. The lowest BCUT2D eigenvalue weighted by molar-refractivity contribution is 0.101. The van der Waals surface area contributed by atoms with Gasteiger partial charge >= 0.3 is 0 Å². The van der Waals surface area contributed by atoms with Gasteiger partial charge in [0.25, 0.3) is 0 Å². The Labute approximate surface area is 105 Å². The molecule has 1 aromatic carbocycles. The van der Waals surface area contributed by atoms with Crippen LogP contribution in [0.5, 0.6) is 0 Å². The van der Waals surface area contributed by atoms with Crippen LogP contribution in [0.3, 0.4) is 0 Å². The highest BCUT2D eigenvalue weighted by Crippen LogP contribution is 2.39. The van der Waals surface area contributed by atoms with Crippen molar-refractivity contribution in [2.75, 3.05) is 5.73 Å². The van der Waals surface area contributed by atoms with E-state index in [0.29, 0.717) is 17.2 Å². The van der Waals surface area contributed by atoms with Crippen molar-refractivity contribution in [3.05, 3.63) is 41.7 Å². The molecule has 0 unspecified atom stereocenters. The molecule has 4 nitrogen and oxygen atoms in total. The number of rotatable bonds is 3. The summed E-state index contributed by atoms with van der Waals surface area (Å²) in [6.07, 6.45) is 4.42. The number of benzene rings is 1. The van der Waals surface area contributed by atoms with Crippen molar-refractivity contribution < 1.29 is 4.79 Å². The highest BCUT2D eigenvalue weighted by molar-refractivity contribution is 5.99. The van der Waals surface area contributed by atoms with Gasteiger partial charge in [-0.05, 0) is 44.0 Å². The van der Waals surface area contributed by atoms with E-state index in [1.54, 1.807) is 12.1 Å². The fourth-order valence-electron chi connectivity index (χ4n) is 2.09. The van der Waals surface area contributed by atoms with Crippen molar-refractivity contribution in [2.45, 2.75) is 25.7 Å². The molecule has 92 valence electrons. The largest absolute Gasteiger partial charge is 0.398 e. The highest BCUT2D eigenvalue weighted by atomic mass is 16.1. The van der Waals surface area contributed by atoms with Crippen molar-refractivity contribution in [1.29, 1.82) is 0 Å². The molecule has 1 saturated carbocycles. The first-order chi connectivity index (χ1) is 8.65. The number of aromatic nitrogens is 2. The zero-order chi connectivity index (χ0) is 12.7. The third-order valence-electron chi connectivity index (χ3n) is 3.28. The minimum absolute atomic E-state index is 0.0156. The van der Waals surface area contributed by atoms with Gasteiger partial charge in [-0.3, -0.25) is 4.79 Å². The number of Topliss-reactive ketones (excluding diaryl/α,β-unsaturated/α-hetero) is 1. The number of nitrogens with two attached hydrogens (primary N) is 1. The highest BCUT2D eigenvalue weighted by Gasteiger charge is 2.25. The molecule has 3 rings (SSSR count). The molecule has 1 heterocycles. The Bertz CT molecular complexity index is 611. The molecule has 2 aromatic rings. The van der Waals surface area contributed by atoms with E-state index in [0.717, 1.165) is 11.4 Å². The second kappa shape index (κ2) is 3.98. The van der Waals surface area contributed by atoms with Gasteiger partial charge in [0.15, 0.2) is 5.78 Å². The van der Waals surface area contributed by atoms with Gasteiger partial charge in [0, 0.05) is 23.4 Å². The molecule has 1 aliphatic carbocycles. The summed E-state index contributed by atoms with van der Waals surface area (Å²) in [5, 5.41) is 4.53. The molecule has 0 amide bonds. The first kappa shape index (κ1) is 11.0. The molecule has 0 radical (unpaired) electrons.